The van der Waals surface area contributed by atoms with Crippen LogP contribution in [0.1, 0.15) is 48.5 Å². The monoisotopic (exact) mass is 429 g/mol. The molecule has 8 heteroatoms. The van der Waals surface area contributed by atoms with Gasteiger partial charge in [0.1, 0.15) is 5.69 Å². The van der Waals surface area contributed by atoms with Crippen molar-refractivity contribution in [2.75, 3.05) is 11.9 Å². The van der Waals surface area contributed by atoms with Gasteiger partial charge in [-0.3, -0.25) is 9.48 Å². The molecule has 1 aliphatic carbocycles. The maximum atomic E-state index is 11.9. The second-order valence-corrected chi connectivity index (χ2v) is 8.88. The molecule has 1 amide bonds. The lowest BCUT2D eigenvalue weighted by Crippen LogP contribution is -2.13. The molecule has 0 bridgehead atoms. The number of imidazole rings is 1. The number of aryl methyl sites for hydroxylation is 1. The van der Waals surface area contributed by atoms with Crippen molar-refractivity contribution in [3.8, 4) is 22.6 Å². The van der Waals surface area contributed by atoms with Gasteiger partial charge >= 0.3 is 0 Å². The predicted octanol–water partition coefficient (Wildman–Crippen LogP) is 3.84. The highest BCUT2D eigenvalue weighted by molar-refractivity contribution is 5.95. The van der Waals surface area contributed by atoms with Gasteiger partial charge in [0.2, 0.25) is 5.91 Å². The smallest absolute Gasteiger partial charge is 0.248 e. The van der Waals surface area contributed by atoms with E-state index in [9.17, 15) is 4.79 Å². The summed E-state index contributed by atoms with van der Waals surface area (Å²) >= 11 is 0. The second-order valence-electron chi connectivity index (χ2n) is 8.88. The van der Waals surface area contributed by atoms with Crippen LogP contribution in [0.3, 0.4) is 0 Å². The first kappa shape index (κ1) is 20.2. The molecule has 0 atom stereocenters. The molecular weight excluding hydrogens is 402 g/mol. The lowest BCUT2D eigenvalue weighted by Gasteiger charge is -2.13. The number of benzene rings is 1. The molecule has 3 N–H and O–H groups in total. The third-order valence-electron chi connectivity index (χ3n) is 5.88. The molecule has 3 heterocycles. The molecule has 0 saturated heterocycles. The number of nitrogens with two attached hydrogens (primary N) is 1. The molecule has 1 aromatic carbocycles. The SMILES string of the molecule is CC(C)CNc1cc(-c2ccnn2C)nn2c(-c3ccc(C(N)=O)c(C4CC4)c3)cnc12. The van der Waals surface area contributed by atoms with Crippen LogP contribution in [0.15, 0.2) is 42.7 Å². The van der Waals surface area contributed by atoms with Crippen molar-refractivity contribution >= 4 is 17.2 Å². The molecule has 4 aromatic rings. The van der Waals surface area contributed by atoms with E-state index in [0.717, 1.165) is 58.9 Å². The first-order valence-corrected chi connectivity index (χ1v) is 11.0. The molecule has 3 aromatic heterocycles. The Balaban J connectivity index is 1.68. The van der Waals surface area contributed by atoms with Crippen LogP contribution in [-0.4, -0.2) is 36.8 Å². The Morgan fingerprint density at radius 3 is 2.69 bits per heavy atom. The minimum atomic E-state index is -0.381. The van der Waals surface area contributed by atoms with Crippen LogP contribution in [0.2, 0.25) is 0 Å². The quantitative estimate of drug-likeness (QED) is 0.465. The molecule has 1 saturated carbocycles. The lowest BCUT2D eigenvalue weighted by molar-refractivity contribution is 0.0999. The number of rotatable bonds is 7. The summed E-state index contributed by atoms with van der Waals surface area (Å²) in [6.45, 7) is 5.17. The Morgan fingerprint density at radius 1 is 1.22 bits per heavy atom. The van der Waals surface area contributed by atoms with Crippen LogP contribution in [0.4, 0.5) is 5.69 Å². The van der Waals surface area contributed by atoms with Gasteiger partial charge < -0.3 is 11.1 Å². The normalized spacial score (nSPS) is 13.8. The van der Waals surface area contributed by atoms with Crippen molar-refractivity contribution in [1.82, 2.24) is 24.4 Å². The fourth-order valence-corrected chi connectivity index (χ4v) is 4.04. The average molecular weight is 430 g/mol. The highest BCUT2D eigenvalue weighted by Crippen LogP contribution is 2.43. The maximum Gasteiger partial charge on any atom is 0.248 e. The average Bonchev–Trinajstić information content (AvgIpc) is 3.39. The van der Waals surface area contributed by atoms with Crippen LogP contribution in [0.5, 0.6) is 0 Å². The number of anilines is 1. The van der Waals surface area contributed by atoms with Crippen molar-refractivity contribution < 1.29 is 4.79 Å². The van der Waals surface area contributed by atoms with Crippen LogP contribution in [0.25, 0.3) is 28.3 Å². The van der Waals surface area contributed by atoms with Gasteiger partial charge in [0.25, 0.3) is 0 Å². The van der Waals surface area contributed by atoms with Gasteiger partial charge in [-0.05, 0) is 54.5 Å². The molecule has 32 heavy (non-hydrogen) atoms. The summed E-state index contributed by atoms with van der Waals surface area (Å²) in [4.78, 5) is 16.6. The Morgan fingerprint density at radius 2 is 2.03 bits per heavy atom. The Kier molecular flexibility index (Phi) is 4.92. The standard InChI is InChI=1S/C24H27N7O/c1-14(2)12-26-20-11-19(21-8-9-28-30(21)3)29-31-22(13-27-24(20)31)16-6-7-17(23(25)32)18(10-16)15-4-5-15/h6-11,13-15,26H,4-5,12H2,1-3H3,(H2,25,32). The highest BCUT2D eigenvalue weighted by atomic mass is 16.1. The largest absolute Gasteiger partial charge is 0.382 e. The molecule has 0 unspecified atom stereocenters. The van der Waals surface area contributed by atoms with E-state index in [1.54, 1.807) is 6.20 Å². The van der Waals surface area contributed by atoms with Crippen molar-refractivity contribution in [2.24, 2.45) is 18.7 Å². The first-order valence-electron chi connectivity index (χ1n) is 11.0. The van der Waals surface area contributed by atoms with Gasteiger partial charge in [-0.15, -0.1) is 0 Å². The highest BCUT2D eigenvalue weighted by Gasteiger charge is 2.28. The molecule has 1 aliphatic rings. The summed E-state index contributed by atoms with van der Waals surface area (Å²) in [5, 5.41) is 12.7. The fraction of sp³-hybridized carbons (Fsp3) is 0.333. The molecule has 5 rings (SSSR count). The topological polar surface area (TPSA) is 103 Å². The summed E-state index contributed by atoms with van der Waals surface area (Å²) in [5.41, 5.74) is 12.5. The van der Waals surface area contributed by atoms with Gasteiger partial charge in [-0.2, -0.15) is 10.2 Å². The van der Waals surface area contributed by atoms with Crippen molar-refractivity contribution in [2.45, 2.75) is 32.6 Å². The fourth-order valence-electron chi connectivity index (χ4n) is 4.04. The van der Waals surface area contributed by atoms with Gasteiger partial charge in [0, 0.05) is 30.9 Å². The Bertz CT molecular complexity index is 1310. The van der Waals surface area contributed by atoms with E-state index < -0.39 is 0 Å². The third kappa shape index (κ3) is 3.62. The minimum Gasteiger partial charge on any atom is -0.382 e. The molecule has 0 aliphatic heterocycles. The van der Waals surface area contributed by atoms with Crippen LogP contribution in [0, 0.1) is 5.92 Å². The number of amides is 1. The second kappa shape index (κ2) is 7.78. The van der Waals surface area contributed by atoms with E-state index in [-0.39, 0.29) is 5.91 Å². The number of carbonyl (C=O) groups is 1. The van der Waals surface area contributed by atoms with E-state index >= 15 is 0 Å². The number of fused-ring (bicyclic) bond motifs is 1. The van der Waals surface area contributed by atoms with Crippen molar-refractivity contribution in [3.63, 3.8) is 0 Å². The van der Waals surface area contributed by atoms with E-state index in [0.29, 0.717) is 17.4 Å². The van der Waals surface area contributed by atoms with Gasteiger partial charge in [-0.1, -0.05) is 19.9 Å². The number of nitrogens with zero attached hydrogens (tertiary/aromatic N) is 5. The summed E-state index contributed by atoms with van der Waals surface area (Å²) in [6.07, 6.45) is 5.78. The van der Waals surface area contributed by atoms with E-state index in [4.69, 9.17) is 10.8 Å². The van der Waals surface area contributed by atoms with E-state index in [1.165, 1.54) is 0 Å². The van der Waals surface area contributed by atoms with E-state index in [1.807, 2.05) is 46.7 Å². The van der Waals surface area contributed by atoms with Crippen LogP contribution >= 0.6 is 0 Å². The van der Waals surface area contributed by atoms with Crippen LogP contribution in [-0.2, 0) is 7.05 Å². The summed E-state index contributed by atoms with van der Waals surface area (Å²) < 4.78 is 3.69. The zero-order valence-corrected chi connectivity index (χ0v) is 18.5. The summed E-state index contributed by atoms with van der Waals surface area (Å²) in [6, 6.07) is 9.80. The summed E-state index contributed by atoms with van der Waals surface area (Å²) in [5.74, 6) is 0.506. The predicted molar refractivity (Wildman–Crippen MR) is 124 cm³/mol. The Hall–Kier alpha value is -3.68. The van der Waals surface area contributed by atoms with Gasteiger partial charge in [-0.25, -0.2) is 9.50 Å². The zero-order valence-electron chi connectivity index (χ0n) is 18.5. The van der Waals surface area contributed by atoms with Crippen molar-refractivity contribution in [1.29, 1.82) is 0 Å². The van der Waals surface area contributed by atoms with Crippen LogP contribution < -0.4 is 11.1 Å². The molecule has 0 radical (unpaired) electrons. The zero-order chi connectivity index (χ0) is 22.4. The first-order chi connectivity index (χ1) is 15.4. The number of hydrogen-bond acceptors (Lipinski definition) is 5. The molecule has 164 valence electrons. The van der Waals surface area contributed by atoms with Gasteiger partial charge in [0.15, 0.2) is 5.65 Å². The lowest BCUT2D eigenvalue weighted by atomic mass is 9.98. The van der Waals surface area contributed by atoms with Gasteiger partial charge in [0.05, 0.1) is 23.3 Å². The molecule has 1 fully saturated rings. The number of hydrogen-bond donors (Lipinski definition) is 2. The number of aromatic nitrogens is 5. The maximum absolute atomic E-state index is 11.9. The minimum absolute atomic E-state index is 0.381. The Labute approximate surface area is 186 Å². The molecular formula is C24H27N7O. The van der Waals surface area contributed by atoms with E-state index in [2.05, 4.69) is 35.3 Å². The third-order valence-corrected chi connectivity index (χ3v) is 5.88. The van der Waals surface area contributed by atoms with Crippen molar-refractivity contribution in [3.05, 3.63) is 53.9 Å². The molecule has 8 nitrogen and oxygen atoms in total. The number of carbonyl (C=O) groups excluding carboxylic acids is 1. The number of nitrogens with one attached hydrogen (secondary N) is 1. The molecule has 0 spiro atoms. The summed E-state index contributed by atoms with van der Waals surface area (Å²) in [7, 11) is 1.90. The number of primary amides is 1.